The Labute approximate surface area is 282 Å². The Morgan fingerprint density at radius 3 is 1.53 bits per heavy atom. The molecule has 0 radical (unpaired) electrons. The highest BCUT2D eigenvalue weighted by molar-refractivity contribution is 5.24. The summed E-state index contributed by atoms with van der Waals surface area (Å²) in [6.07, 6.45) is 11.0. The van der Waals surface area contributed by atoms with E-state index in [1.54, 1.807) is 6.92 Å². The molecule has 254 valence electrons. The van der Waals surface area contributed by atoms with Gasteiger partial charge < -0.3 is 5.73 Å². The summed E-state index contributed by atoms with van der Waals surface area (Å²) in [7, 11) is 0. The van der Waals surface area contributed by atoms with Crippen molar-refractivity contribution in [2.24, 2.45) is 17.6 Å². The molecule has 0 aliphatic heterocycles. The van der Waals surface area contributed by atoms with Crippen molar-refractivity contribution in [3.63, 3.8) is 0 Å². The van der Waals surface area contributed by atoms with Gasteiger partial charge in [-0.15, -0.1) is 6.58 Å². The Morgan fingerprint density at radius 1 is 0.711 bits per heavy atom. The quantitative estimate of drug-likeness (QED) is 0.226. The molecule has 1 nitrogen and oxygen atoms in total. The topological polar surface area (TPSA) is 26.0 Å². The average molecular weight is 616 g/mol. The van der Waals surface area contributed by atoms with E-state index in [4.69, 9.17) is 5.73 Å². The fourth-order valence-corrected chi connectivity index (χ4v) is 4.44. The van der Waals surface area contributed by atoms with Gasteiger partial charge in [0.25, 0.3) is 0 Å². The maximum absolute atomic E-state index is 4.92. The molecular formula is C44H73N. The summed E-state index contributed by atoms with van der Waals surface area (Å²) in [5, 5.41) is 0. The highest BCUT2D eigenvalue weighted by Gasteiger charge is 2.07. The van der Waals surface area contributed by atoms with Crippen LogP contribution in [0.1, 0.15) is 135 Å². The molecule has 0 aliphatic rings. The van der Waals surface area contributed by atoms with E-state index in [-0.39, 0.29) is 0 Å². The molecule has 1 unspecified atom stereocenters. The molecule has 0 aromatic heterocycles. The van der Waals surface area contributed by atoms with Gasteiger partial charge >= 0.3 is 0 Å². The minimum absolute atomic E-state index is 0.581. The van der Waals surface area contributed by atoms with Crippen LogP contribution in [0.3, 0.4) is 0 Å². The third kappa shape index (κ3) is 30.7. The fraction of sp³-hybridized carbons (Fsp3) is 0.500. The van der Waals surface area contributed by atoms with Crippen LogP contribution >= 0.6 is 0 Å². The van der Waals surface area contributed by atoms with Crippen molar-refractivity contribution in [2.75, 3.05) is 0 Å². The second-order valence-electron chi connectivity index (χ2n) is 12.2. The smallest absolute Gasteiger partial charge is 0.00242 e. The molecule has 0 saturated heterocycles. The molecular weight excluding hydrogens is 542 g/mol. The van der Waals surface area contributed by atoms with Crippen molar-refractivity contribution in [3.8, 4) is 0 Å². The zero-order valence-electron chi connectivity index (χ0n) is 31.8. The van der Waals surface area contributed by atoms with Gasteiger partial charge in [0.1, 0.15) is 0 Å². The average Bonchev–Trinajstić information content (AvgIpc) is 3.00. The van der Waals surface area contributed by atoms with E-state index in [1.165, 1.54) is 66.3 Å². The number of aryl methyl sites for hydroxylation is 2. The summed E-state index contributed by atoms with van der Waals surface area (Å²) in [4.78, 5) is 0. The van der Waals surface area contributed by atoms with Gasteiger partial charge in [0, 0.05) is 0 Å². The predicted octanol–water partition coefficient (Wildman–Crippen LogP) is 13.8. The Bertz CT molecular complexity index is 1050. The van der Waals surface area contributed by atoms with Gasteiger partial charge in [0.2, 0.25) is 0 Å². The second-order valence-corrected chi connectivity index (χ2v) is 12.2. The molecule has 3 aromatic rings. The third-order valence-corrected chi connectivity index (χ3v) is 6.51. The molecule has 3 rings (SSSR count). The Hall–Kier alpha value is -3.06. The highest BCUT2D eigenvalue weighted by atomic mass is 14.5. The normalized spacial score (nSPS) is 10.1. The van der Waals surface area contributed by atoms with Crippen molar-refractivity contribution in [2.45, 2.75) is 134 Å². The van der Waals surface area contributed by atoms with Crippen molar-refractivity contribution >= 4 is 0 Å². The first-order valence-electron chi connectivity index (χ1n) is 17.6. The first kappa shape index (κ1) is 46.4. The van der Waals surface area contributed by atoms with Crippen molar-refractivity contribution in [1.82, 2.24) is 0 Å². The van der Waals surface area contributed by atoms with Crippen LogP contribution in [0.4, 0.5) is 0 Å². The Morgan fingerprint density at radius 2 is 1.16 bits per heavy atom. The molecule has 0 spiro atoms. The van der Waals surface area contributed by atoms with Crippen molar-refractivity contribution < 1.29 is 0 Å². The van der Waals surface area contributed by atoms with Crippen molar-refractivity contribution in [1.29, 1.82) is 0 Å². The molecule has 1 heteroatoms. The van der Waals surface area contributed by atoms with Gasteiger partial charge in [-0.1, -0.05) is 197 Å². The van der Waals surface area contributed by atoms with Gasteiger partial charge in [-0.2, -0.15) is 0 Å². The van der Waals surface area contributed by atoms with Crippen LogP contribution in [0.5, 0.6) is 0 Å². The molecule has 0 aliphatic carbocycles. The molecule has 3 aromatic carbocycles. The van der Waals surface area contributed by atoms with Gasteiger partial charge in [-0.05, 0) is 73.8 Å². The lowest BCUT2D eigenvalue weighted by molar-refractivity contribution is 0.438. The maximum Gasteiger partial charge on any atom is -0.00242 e. The molecule has 0 saturated carbocycles. The maximum atomic E-state index is 4.92. The molecule has 2 N–H and O–H groups in total. The largest absolute Gasteiger partial charge is 0.403 e. The van der Waals surface area contributed by atoms with E-state index >= 15 is 0 Å². The van der Waals surface area contributed by atoms with Crippen LogP contribution in [0.15, 0.2) is 104 Å². The number of nitrogens with two attached hydrogens (primary N) is 1. The standard InChI is InChI=1S/C15H24.C11H14.C10H14.C3H7N.C3H8.C2H6/c1-4-7-14(8-5-2)12-15-10-6-9-13(3)11-15;1-3-10(2)9-11-7-5-4-6-8-11;1-8(2)10-6-4-5-9(3)7-10;1-3(2)4;1-3-2;1-2/h6,9-11,14H,4-5,7-8,12H2,1-3H3;3-8,10H,1,9H2,2H3;4-8H,1-3H3;1,4H2,2H3;3H2,1-2H3;1-2H3. The van der Waals surface area contributed by atoms with E-state index in [2.05, 4.69) is 148 Å². The lowest BCUT2D eigenvalue weighted by Crippen LogP contribution is -2.04. The summed E-state index contributed by atoms with van der Waals surface area (Å²) in [5.74, 6) is 2.12. The molecule has 0 amide bonds. The van der Waals surface area contributed by atoms with Crippen LogP contribution in [-0.2, 0) is 12.8 Å². The molecule has 0 fully saturated rings. The van der Waals surface area contributed by atoms with Crippen LogP contribution in [0.2, 0.25) is 0 Å². The van der Waals surface area contributed by atoms with Gasteiger partial charge in [0.15, 0.2) is 0 Å². The Kier molecular flexibility index (Phi) is 33.3. The number of rotatable bonds is 10. The lowest BCUT2D eigenvalue weighted by Gasteiger charge is -2.15. The van der Waals surface area contributed by atoms with Gasteiger partial charge in [-0.25, -0.2) is 0 Å². The molecule has 1 atom stereocenters. The molecule has 45 heavy (non-hydrogen) atoms. The minimum atomic E-state index is 0.581. The van der Waals surface area contributed by atoms with E-state index in [0.717, 1.165) is 12.3 Å². The van der Waals surface area contributed by atoms with Crippen LogP contribution in [0, 0.1) is 25.7 Å². The first-order valence-corrected chi connectivity index (χ1v) is 17.6. The van der Waals surface area contributed by atoms with Crippen LogP contribution in [-0.4, -0.2) is 0 Å². The van der Waals surface area contributed by atoms with E-state index in [0.29, 0.717) is 17.5 Å². The molecule has 0 heterocycles. The number of allylic oxidation sites excluding steroid dienone is 2. The van der Waals surface area contributed by atoms with E-state index in [9.17, 15) is 0 Å². The third-order valence-electron chi connectivity index (χ3n) is 6.51. The van der Waals surface area contributed by atoms with E-state index in [1.807, 2.05) is 26.0 Å². The summed E-state index contributed by atoms with van der Waals surface area (Å²) < 4.78 is 0. The van der Waals surface area contributed by atoms with Crippen LogP contribution < -0.4 is 5.73 Å². The number of benzene rings is 3. The second kappa shape index (κ2) is 32.3. The zero-order valence-corrected chi connectivity index (χ0v) is 31.8. The zero-order chi connectivity index (χ0) is 35.0. The monoisotopic (exact) mass is 616 g/mol. The summed E-state index contributed by atoms with van der Waals surface area (Å²) in [6, 6.07) is 28.1. The SMILES string of the molecule is C=C(C)N.C=CC(C)Cc1ccccc1.CC.CCC.CCCC(CCC)Cc1cccc(C)c1.Cc1cccc(C(C)C)c1. The van der Waals surface area contributed by atoms with Gasteiger partial charge in [0.05, 0.1) is 0 Å². The summed E-state index contributed by atoms with van der Waals surface area (Å²) >= 11 is 0. The minimum Gasteiger partial charge on any atom is -0.403 e. The summed E-state index contributed by atoms with van der Waals surface area (Å²) in [5.41, 5.74) is 12.7. The predicted molar refractivity (Wildman–Crippen MR) is 209 cm³/mol. The first-order chi connectivity index (χ1) is 21.4. The van der Waals surface area contributed by atoms with E-state index < -0.39 is 0 Å². The highest BCUT2D eigenvalue weighted by Crippen LogP contribution is 2.20. The van der Waals surface area contributed by atoms with Crippen LogP contribution in [0.25, 0.3) is 0 Å². The Balaban J connectivity index is -0.000000526. The molecule has 0 bridgehead atoms. The number of hydrogen-bond donors (Lipinski definition) is 1. The fourth-order valence-electron chi connectivity index (χ4n) is 4.44. The number of hydrogen-bond acceptors (Lipinski definition) is 1. The lowest BCUT2D eigenvalue weighted by atomic mass is 9.91. The van der Waals surface area contributed by atoms with Crippen molar-refractivity contribution in [3.05, 3.63) is 132 Å². The van der Waals surface area contributed by atoms with Gasteiger partial charge in [-0.3, -0.25) is 0 Å². The summed E-state index contributed by atoms with van der Waals surface area (Å²) in [6.45, 7) is 32.6.